The Hall–Kier alpha value is -3.74. The Balaban J connectivity index is 1.92. The average molecular weight is 375 g/mol. The van der Waals surface area contributed by atoms with E-state index in [0.717, 1.165) is 11.1 Å². The van der Waals surface area contributed by atoms with Gasteiger partial charge in [0.05, 0.1) is 7.11 Å². The summed E-state index contributed by atoms with van der Waals surface area (Å²) >= 11 is 0. The molecule has 28 heavy (non-hydrogen) atoms. The van der Waals surface area contributed by atoms with E-state index in [1.807, 2.05) is 36.4 Å². The Kier molecular flexibility index (Phi) is 4.27. The van der Waals surface area contributed by atoms with Gasteiger partial charge in [-0.2, -0.15) is 4.99 Å². The molecule has 6 nitrogen and oxygen atoms in total. The molecule has 0 radical (unpaired) electrons. The summed E-state index contributed by atoms with van der Waals surface area (Å²) in [5.74, 6) is 0.550. The number of amidine groups is 1. The first-order chi connectivity index (χ1) is 13.5. The Bertz CT molecular complexity index is 1100. The summed E-state index contributed by atoms with van der Waals surface area (Å²) in [6.45, 7) is 0. The van der Waals surface area contributed by atoms with Crippen molar-refractivity contribution in [1.82, 2.24) is 4.98 Å². The summed E-state index contributed by atoms with van der Waals surface area (Å²) in [5, 5.41) is 0. The predicted octanol–water partition coefficient (Wildman–Crippen LogP) is 2.83. The maximum absolute atomic E-state index is 14.5. The first-order valence-corrected chi connectivity index (χ1v) is 8.59. The van der Waals surface area contributed by atoms with Crippen LogP contribution in [0, 0.1) is 5.82 Å². The van der Waals surface area contributed by atoms with Gasteiger partial charge in [-0.3, -0.25) is 4.98 Å². The number of benzene rings is 2. The summed E-state index contributed by atoms with van der Waals surface area (Å²) in [4.78, 5) is 12.8. The molecule has 0 spiro atoms. The highest BCUT2D eigenvalue weighted by Crippen LogP contribution is 2.39. The zero-order valence-electron chi connectivity index (χ0n) is 15.1. The minimum atomic E-state index is -1.08. The third-order valence-corrected chi connectivity index (χ3v) is 4.75. The molecular weight excluding hydrogens is 357 g/mol. The molecule has 1 aliphatic rings. The van der Waals surface area contributed by atoms with Crippen LogP contribution in [0.3, 0.4) is 0 Å². The topological polar surface area (TPSA) is 98.9 Å². The number of hydrogen-bond donors (Lipinski definition) is 2. The minimum absolute atomic E-state index is 0.0901. The van der Waals surface area contributed by atoms with Gasteiger partial charge in [-0.15, -0.1) is 0 Å². The number of rotatable bonds is 4. The first kappa shape index (κ1) is 17.7. The van der Waals surface area contributed by atoms with Gasteiger partial charge < -0.3 is 16.2 Å². The lowest BCUT2D eigenvalue weighted by atomic mass is 9.82. The van der Waals surface area contributed by atoms with Gasteiger partial charge in [0, 0.05) is 18.0 Å². The van der Waals surface area contributed by atoms with E-state index in [-0.39, 0.29) is 17.6 Å². The molecule has 7 heteroatoms. The molecule has 0 bridgehead atoms. The Morgan fingerprint density at radius 3 is 2.43 bits per heavy atom. The van der Waals surface area contributed by atoms with E-state index in [9.17, 15) is 4.39 Å². The molecule has 1 atom stereocenters. The van der Waals surface area contributed by atoms with E-state index in [0.29, 0.717) is 16.9 Å². The number of guanidine groups is 1. The highest BCUT2D eigenvalue weighted by atomic mass is 19.1. The fraction of sp³-hybridized carbons (Fsp3) is 0.0952. The lowest BCUT2D eigenvalue weighted by Crippen LogP contribution is -2.38. The maximum Gasteiger partial charge on any atom is 0.218 e. The molecule has 4 rings (SSSR count). The van der Waals surface area contributed by atoms with Crippen LogP contribution < -0.4 is 16.2 Å². The van der Waals surface area contributed by atoms with E-state index in [2.05, 4.69) is 15.0 Å². The van der Waals surface area contributed by atoms with Gasteiger partial charge in [0.1, 0.15) is 17.4 Å². The molecule has 0 saturated carbocycles. The second-order valence-electron chi connectivity index (χ2n) is 6.34. The van der Waals surface area contributed by atoms with Crippen LogP contribution in [0.1, 0.15) is 11.1 Å². The lowest BCUT2D eigenvalue weighted by Gasteiger charge is -2.27. The van der Waals surface area contributed by atoms with Crippen LogP contribution in [0.2, 0.25) is 0 Å². The monoisotopic (exact) mass is 375 g/mol. The van der Waals surface area contributed by atoms with E-state index in [1.165, 1.54) is 6.07 Å². The molecule has 0 amide bonds. The first-order valence-electron chi connectivity index (χ1n) is 8.59. The molecule has 140 valence electrons. The van der Waals surface area contributed by atoms with Crippen molar-refractivity contribution in [3.05, 3.63) is 83.9 Å². The van der Waals surface area contributed by atoms with Crippen molar-refractivity contribution in [2.45, 2.75) is 5.54 Å². The van der Waals surface area contributed by atoms with E-state index >= 15 is 0 Å². The largest absolute Gasteiger partial charge is 0.497 e. The smallest absolute Gasteiger partial charge is 0.218 e. The number of halogens is 1. The molecule has 2 aromatic carbocycles. The number of aromatic nitrogens is 1. The number of ether oxygens (including phenoxy) is 1. The van der Waals surface area contributed by atoms with Gasteiger partial charge in [0.2, 0.25) is 5.96 Å². The van der Waals surface area contributed by atoms with Crippen molar-refractivity contribution in [3.8, 4) is 16.9 Å². The van der Waals surface area contributed by atoms with Crippen LogP contribution in [0.5, 0.6) is 5.75 Å². The summed E-state index contributed by atoms with van der Waals surface area (Å²) in [7, 11) is 1.54. The molecule has 1 unspecified atom stereocenters. The predicted molar refractivity (Wildman–Crippen MR) is 107 cm³/mol. The van der Waals surface area contributed by atoms with E-state index < -0.39 is 5.54 Å². The van der Waals surface area contributed by atoms with Gasteiger partial charge in [-0.25, -0.2) is 9.38 Å². The molecule has 3 aromatic rings. The molecule has 1 aliphatic heterocycles. The summed E-state index contributed by atoms with van der Waals surface area (Å²) in [6, 6.07) is 15.6. The van der Waals surface area contributed by atoms with Crippen LogP contribution in [0.4, 0.5) is 4.39 Å². The van der Waals surface area contributed by atoms with Crippen molar-refractivity contribution < 1.29 is 9.13 Å². The highest BCUT2D eigenvalue weighted by Gasteiger charge is 2.42. The standard InChI is InChI=1S/C21H18FN5O/c1-28-16-5-6-18(22)17(12-16)13-3-2-4-15(11-13)21(14-7-9-25-10-8-14)19(23)26-20(24)27-21/h2-12H,1H3,(H4,23,24,26,27). The number of aliphatic imine (C=N–C) groups is 2. The van der Waals surface area contributed by atoms with Gasteiger partial charge >= 0.3 is 0 Å². The van der Waals surface area contributed by atoms with Crippen LogP contribution in [-0.2, 0) is 5.54 Å². The van der Waals surface area contributed by atoms with Crippen molar-refractivity contribution >= 4 is 11.8 Å². The number of methoxy groups -OCH3 is 1. The quantitative estimate of drug-likeness (QED) is 0.732. The van der Waals surface area contributed by atoms with E-state index in [4.69, 9.17) is 16.2 Å². The van der Waals surface area contributed by atoms with Gasteiger partial charge in [0.25, 0.3) is 0 Å². The fourth-order valence-corrected chi connectivity index (χ4v) is 3.41. The molecule has 1 aromatic heterocycles. The number of nitrogens with zero attached hydrogens (tertiary/aromatic N) is 3. The Morgan fingerprint density at radius 2 is 1.75 bits per heavy atom. The van der Waals surface area contributed by atoms with Crippen molar-refractivity contribution in [2.24, 2.45) is 21.5 Å². The average Bonchev–Trinajstić information content (AvgIpc) is 3.04. The van der Waals surface area contributed by atoms with Crippen molar-refractivity contribution in [1.29, 1.82) is 0 Å². The van der Waals surface area contributed by atoms with Gasteiger partial charge in [0.15, 0.2) is 5.54 Å². The summed E-state index contributed by atoms with van der Waals surface area (Å²) in [5.41, 5.74) is 13.6. The van der Waals surface area contributed by atoms with Crippen LogP contribution in [0.25, 0.3) is 11.1 Å². The summed E-state index contributed by atoms with van der Waals surface area (Å²) < 4.78 is 19.7. The van der Waals surface area contributed by atoms with Gasteiger partial charge in [-0.05, 0) is 53.1 Å². The second-order valence-corrected chi connectivity index (χ2v) is 6.34. The highest BCUT2D eigenvalue weighted by molar-refractivity contribution is 6.08. The zero-order valence-corrected chi connectivity index (χ0v) is 15.1. The van der Waals surface area contributed by atoms with Crippen molar-refractivity contribution in [3.63, 3.8) is 0 Å². The lowest BCUT2D eigenvalue weighted by molar-refractivity contribution is 0.414. The molecule has 2 heterocycles. The number of pyridine rings is 1. The normalized spacial score (nSPS) is 18.5. The second kappa shape index (κ2) is 6.77. The third kappa shape index (κ3) is 2.77. The molecule has 0 aliphatic carbocycles. The Morgan fingerprint density at radius 1 is 0.964 bits per heavy atom. The van der Waals surface area contributed by atoms with Crippen molar-refractivity contribution in [2.75, 3.05) is 7.11 Å². The molecule has 4 N–H and O–H groups in total. The SMILES string of the molecule is COc1ccc(F)c(-c2cccc(C3(c4ccncc4)N=C(N)N=C3N)c2)c1. The maximum atomic E-state index is 14.5. The van der Waals surface area contributed by atoms with E-state index in [1.54, 1.807) is 31.6 Å². The Labute approximate surface area is 161 Å². The van der Waals surface area contributed by atoms with Crippen LogP contribution in [-0.4, -0.2) is 23.9 Å². The van der Waals surface area contributed by atoms with Gasteiger partial charge in [-0.1, -0.05) is 18.2 Å². The fourth-order valence-electron chi connectivity index (χ4n) is 3.41. The van der Waals surface area contributed by atoms with Crippen LogP contribution in [0.15, 0.2) is 77.0 Å². The third-order valence-electron chi connectivity index (χ3n) is 4.75. The number of nitrogens with two attached hydrogens (primary N) is 2. The van der Waals surface area contributed by atoms with Crippen LogP contribution >= 0.6 is 0 Å². The molecule has 0 saturated heterocycles. The molecule has 0 fully saturated rings. The molecular formula is C21H18FN5O. The minimum Gasteiger partial charge on any atom is -0.497 e. The summed E-state index contributed by atoms with van der Waals surface area (Å²) in [6.07, 6.45) is 3.31. The zero-order chi connectivity index (χ0) is 19.7. The number of hydrogen-bond acceptors (Lipinski definition) is 6.